The van der Waals surface area contributed by atoms with E-state index in [-0.39, 0.29) is 5.78 Å². The number of rotatable bonds is 1. The van der Waals surface area contributed by atoms with Crippen molar-refractivity contribution in [3.8, 4) is 11.1 Å². The molecule has 5 rings (SSSR count). The molecule has 25 heavy (non-hydrogen) atoms. The number of hydrogen-bond acceptors (Lipinski definition) is 1. The van der Waals surface area contributed by atoms with E-state index in [9.17, 15) is 4.79 Å². The Morgan fingerprint density at radius 2 is 1.32 bits per heavy atom. The van der Waals surface area contributed by atoms with E-state index in [0.717, 1.165) is 18.4 Å². The molecule has 1 aliphatic carbocycles. The van der Waals surface area contributed by atoms with E-state index in [1.807, 2.05) is 12.1 Å². The summed E-state index contributed by atoms with van der Waals surface area (Å²) >= 11 is 0. The van der Waals surface area contributed by atoms with E-state index in [1.165, 1.54) is 38.2 Å². The van der Waals surface area contributed by atoms with Crippen molar-refractivity contribution >= 4 is 27.3 Å². The minimum atomic E-state index is 0.289. The van der Waals surface area contributed by atoms with Crippen LogP contribution in [0.3, 0.4) is 0 Å². The lowest BCUT2D eigenvalue weighted by Gasteiger charge is -2.19. The zero-order valence-electron chi connectivity index (χ0n) is 14.0. The van der Waals surface area contributed by atoms with Crippen LogP contribution in [0.25, 0.3) is 32.7 Å². The Hall–Kier alpha value is -2.93. The quantitative estimate of drug-likeness (QED) is 0.382. The Kier molecular flexibility index (Phi) is 3.21. The molecule has 0 unspecified atom stereocenters. The fourth-order valence-corrected chi connectivity index (χ4v) is 4.19. The Morgan fingerprint density at radius 1 is 0.600 bits per heavy atom. The van der Waals surface area contributed by atoms with E-state index in [2.05, 4.69) is 60.7 Å². The molecule has 0 heterocycles. The maximum Gasteiger partial charge on any atom is 0.163 e. The number of Topliss-reactive ketones (excluding diaryl/α,β-unsaturated/α-hetero) is 1. The molecular weight excluding hydrogens is 304 g/mol. The Labute approximate surface area is 146 Å². The second-order valence-corrected chi connectivity index (χ2v) is 6.80. The summed E-state index contributed by atoms with van der Waals surface area (Å²) in [7, 11) is 0. The van der Waals surface area contributed by atoms with E-state index in [0.29, 0.717) is 6.42 Å². The fourth-order valence-electron chi connectivity index (χ4n) is 4.19. The normalized spacial score (nSPS) is 14.0. The summed E-state index contributed by atoms with van der Waals surface area (Å²) in [5, 5.41) is 5.02. The molecule has 0 atom stereocenters. The molecule has 4 aromatic rings. The smallest absolute Gasteiger partial charge is 0.163 e. The third kappa shape index (κ3) is 2.20. The molecule has 0 saturated heterocycles. The van der Waals surface area contributed by atoms with Crippen LogP contribution in [0.15, 0.2) is 72.8 Å². The van der Waals surface area contributed by atoms with Crippen LogP contribution in [0.5, 0.6) is 0 Å². The highest BCUT2D eigenvalue weighted by Crippen LogP contribution is 2.38. The first-order valence-electron chi connectivity index (χ1n) is 8.89. The van der Waals surface area contributed by atoms with Crippen molar-refractivity contribution in [1.82, 2.24) is 0 Å². The van der Waals surface area contributed by atoms with Crippen molar-refractivity contribution in [2.75, 3.05) is 0 Å². The van der Waals surface area contributed by atoms with Gasteiger partial charge in [0.2, 0.25) is 0 Å². The van der Waals surface area contributed by atoms with Crippen LogP contribution in [-0.2, 0) is 6.42 Å². The van der Waals surface area contributed by atoms with Crippen LogP contribution in [0.2, 0.25) is 0 Å². The van der Waals surface area contributed by atoms with Crippen LogP contribution >= 0.6 is 0 Å². The van der Waals surface area contributed by atoms with Gasteiger partial charge in [-0.05, 0) is 57.1 Å². The van der Waals surface area contributed by atoms with Crippen molar-refractivity contribution in [3.05, 3.63) is 83.9 Å². The standard InChI is InChI=1S/C24H18O/c25-24-12-6-11-19-21(24)14-13-20-17-9-4-5-10-18(17)22(15-23(19)20)16-7-2-1-3-8-16/h1-5,7-10,13-15H,6,11-12H2. The SMILES string of the molecule is O=C1CCCc2c1ccc1c2cc(-c2ccccc2)c2ccccc21. The Morgan fingerprint density at radius 3 is 2.16 bits per heavy atom. The first-order chi connectivity index (χ1) is 12.3. The molecule has 0 radical (unpaired) electrons. The number of ketones is 1. The van der Waals surface area contributed by atoms with Crippen molar-refractivity contribution in [2.24, 2.45) is 0 Å². The van der Waals surface area contributed by atoms with Crippen LogP contribution in [0.4, 0.5) is 0 Å². The third-order valence-corrected chi connectivity index (χ3v) is 5.37. The number of fused-ring (bicyclic) bond motifs is 5. The lowest BCUT2D eigenvalue weighted by atomic mass is 9.84. The lowest BCUT2D eigenvalue weighted by molar-refractivity contribution is 0.0973. The monoisotopic (exact) mass is 322 g/mol. The summed E-state index contributed by atoms with van der Waals surface area (Å²) in [6, 6.07) is 25.6. The summed E-state index contributed by atoms with van der Waals surface area (Å²) in [6.45, 7) is 0. The Bertz CT molecular complexity index is 1120. The van der Waals surface area contributed by atoms with E-state index >= 15 is 0 Å². The molecule has 1 heteroatoms. The molecule has 0 bridgehead atoms. The minimum absolute atomic E-state index is 0.289. The molecule has 0 spiro atoms. The van der Waals surface area contributed by atoms with Gasteiger partial charge in [-0.3, -0.25) is 4.79 Å². The summed E-state index contributed by atoms with van der Waals surface area (Å²) in [5.41, 5.74) is 4.63. The van der Waals surface area contributed by atoms with Gasteiger partial charge in [0.15, 0.2) is 5.78 Å². The van der Waals surface area contributed by atoms with Crippen LogP contribution in [0.1, 0.15) is 28.8 Å². The molecule has 0 amide bonds. The van der Waals surface area contributed by atoms with Gasteiger partial charge in [-0.1, -0.05) is 66.7 Å². The predicted octanol–water partition coefficient (Wildman–Crippen LogP) is 6.18. The molecule has 0 saturated carbocycles. The van der Waals surface area contributed by atoms with Crippen molar-refractivity contribution in [3.63, 3.8) is 0 Å². The molecule has 0 fully saturated rings. The number of carbonyl (C=O) groups is 1. The predicted molar refractivity (Wildman–Crippen MR) is 104 cm³/mol. The molecule has 0 N–H and O–H groups in total. The number of carbonyl (C=O) groups excluding carboxylic acids is 1. The second-order valence-electron chi connectivity index (χ2n) is 6.80. The van der Waals surface area contributed by atoms with Gasteiger partial charge in [0.25, 0.3) is 0 Å². The van der Waals surface area contributed by atoms with Crippen LogP contribution in [0, 0.1) is 0 Å². The second kappa shape index (κ2) is 5.56. The molecule has 120 valence electrons. The van der Waals surface area contributed by atoms with Crippen molar-refractivity contribution in [1.29, 1.82) is 0 Å². The summed E-state index contributed by atoms with van der Waals surface area (Å²) in [6.07, 6.45) is 2.63. The maximum absolute atomic E-state index is 12.3. The van der Waals surface area contributed by atoms with E-state index in [1.54, 1.807) is 0 Å². The molecule has 1 aliphatic rings. The summed E-state index contributed by atoms with van der Waals surface area (Å²) < 4.78 is 0. The number of hydrogen-bond donors (Lipinski definition) is 0. The molecular formula is C24H18O. The van der Waals surface area contributed by atoms with E-state index in [4.69, 9.17) is 0 Å². The van der Waals surface area contributed by atoms with Gasteiger partial charge in [0.1, 0.15) is 0 Å². The molecule has 0 aromatic heterocycles. The van der Waals surface area contributed by atoms with Gasteiger partial charge in [0, 0.05) is 12.0 Å². The van der Waals surface area contributed by atoms with Crippen LogP contribution in [-0.4, -0.2) is 5.78 Å². The zero-order valence-corrected chi connectivity index (χ0v) is 14.0. The maximum atomic E-state index is 12.3. The topological polar surface area (TPSA) is 17.1 Å². The van der Waals surface area contributed by atoms with E-state index < -0.39 is 0 Å². The highest BCUT2D eigenvalue weighted by atomic mass is 16.1. The van der Waals surface area contributed by atoms with Crippen molar-refractivity contribution in [2.45, 2.75) is 19.3 Å². The van der Waals surface area contributed by atoms with Gasteiger partial charge >= 0.3 is 0 Å². The van der Waals surface area contributed by atoms with Gasteiger partial charge in [-0.25, -0.2) is 0 Å². The van der Waals surface area contributed by atoms with Gasteiger partial charge in [-0.2, -0.15) is 0 Å². The van der Waals surface area contributed by atoms with Crippen molar-refractivity contribution < 1.29 is 4.79 Å². The summed E-state index contributed by atoms with van der Waals surface area (Å²) in [4.78, 5) is 12.3. The van der Waals surface area contributed by atoms with Gasteiger partial charge < -0.3 is 0 Å². The molecule has 4 aromatic carbocycles. The average molecular weight is 322 g/mol. The first kappa shape index (κ1) is 14.4. The average Bonchev–Trinajstić information content (AvgIpc) is 2.68. The highest BCUT2D eigenvalue weighted by Gasteiger charge is 2.20. The minimum Gasteiger partial charge on any atom is -0.294 e. The largest absolute Gasteiger partial charge is 0.294 e. The lowest BCUT2D eigenvalue weighted by Crippen LogP contribution is -2.11. The first-order valence-corrected chi connectivity index (χ1v) is 8.89. The highest BCUT2D eigenvalue weighted by molar-refractivity contribution is 6.16. The number of aryl methyl sites for hydroxylation is 1. The molecule has 0 aliphatic heterocycles. The molecule has 1 nitrogen and oxygen atoms in total. The Balaban J connectivity index is 1.95. The van der Waals surface area contributed by atoms with Gasteiger partial charge in [0.05, 0.1) is 0 Å². The fraction of sp³-hybridized carbons (Fsp3) is 0.125. The zero-order chi connectivity index (χ0) is 16.8. The summed E-state index contributed by atoms with van der Waals surface area (Å²) in [5.74, 6) is 0.289. The van der Waals surface area contributed by atoms with Gasteiger partial charge in [-0.15, -0.1) is 0 Å². The number of benzene rings is 4. The third-order valence-electron chi connectivity index (χ3n) is 5.37. The van der Waals surface area contributed by atoms with Crippen LogP contribution < -0.4 is 0 Å².